The van der Waals surface area contributed by atoms with E-state index in [9.17, 15) is 14.4 Å². The van der Waals surface area contributed by atoms with Crippen molar-refractivity contribution in [3.05, 3.63) is 47.9 Å². The molecule has 11 heteroatoms. The van der Waals surface area contributed by atoms with Crippen molar-refractivity contribution in [2.75, 3.05) is 43.0 Å². The SMILES string of the molecule is CC(C)Nc1cccnc1N1CCN(C(=O)c2ccc(C(=O)NC(CCO)C(=O)O)cn2)CC1. The molecule has 1 aliphatic rings. The van der Waals surface area contributed by atoms with Crippen LogP contribution in [0.15, 0.2) is 36.7 Å². The summed E-state index contributed by atoms with van der Waals surface area (Å²) in [5, 5.41) is 23.8. The lowest BCUT2D eigenvalue weighted by Gasteiger charge is -2.36. The van der Waals surface area contributed by atoms with Crippen molar-refractivity contribution < 1.29 is 24.6 Å². The summed E-state index contributed by atoms with van der Waals surface area (Å²) in [6.45, 7) is 6.01. The highest BCUT2D eigenvalue weighted by atomic mass is 16.4. The van der Waals surface area contributed by atoms with Crippen molar-refractivity contribution in [3.63, 3.8) is 0 Å². The molecule has 2 amide bonds. The van der Waals surface area contributed by atoms with Gasteiger partial charge in [0.2, 0.25) is 0 Å². The van der Waals surface area contributed by atoms with E-state index in [1.807, 2.05) is 12.1 Å². The number of carbonyl (C=O) groups is 3. The summed E-state index contributed by atoms with van der Waals surface area (Å²) in [6.07, 6.45) is 2.89. The van der Waals surface area contributed by atoms with Gasteiger partial charge in [0.25, 0.3) is 11.8 Å². The van der Waals surface area contributed by atoms with Gasteiger partial charge in [0, 0.05) is 57.6 Å². The first-order chi connectivity index (χ1) is 16.3. The third-order valence-electron chi connectivity index (χ3n) is 5.36. The number of rotatable bonds is 9. The van der Waals surface area contributed by atoms with Crippen LogP contribution < -0.4 is 15.5 Å². The predicted molar refractivity (Wildman–Crippen MR) is 126 cm³/mol. The molecule has 11 nitrogen and oxygen atoms in total. The topological polar surface area (TPSA) is 148 Å². The molecule has 4 N–H and O–H groups in total. The molecule has 0 spiro atoms. The zero-order chi connectivity index (χ0) is 24.7. The van der Waals surface area contributed by atoms with Crippen LogP contribution in [0.1, 0.15) is 41.1 Å². The number of aliphatic carboxylic acids is 1. The molecule has 0 saturated carbocycles. The number of carbonyl (C=O) groups excluding carboxylic acids is 2. The molecule has 0 radical (unpaired) electrons. The monoisotopic (exact) mass is 470 g/mol. The van der Waals surface area contributed by atoms with Crippen LogP contribution in [-0.2, 0) is 4.79 Å². The van der Waals surface area contributed by atoms with E-state index in [1.165, 1.54) is 18.3 Å². The van der Waals surface area contributed by atoms with Crippen molar-refractivity contribution in [1.29, 1.82) is 0 Å². The molecular formula is C23H30N6O5. The first kappa shape index (κ1) is 24.9. The second kappa shape index (κ2) is 11.4. The highest BCUT2D eigenvalue weighted by Crippen LogP contribution is 2.24. The van der Waals surface area contributed by atoms with Crippen molar-refractivity contribution in [3.8, 4) is 0 Å². The lowest BCUT2D eigenvalue weighted by atomic mass is 10.1. The van der Waals surface area contributed by atoms with Gasteiger partial charge in [-0.2, -0.15) is 0 Å². The number of aliphatic hydroxyl groups excluding tert-OH is 1. The number of hydrogen-bond acceptors (Lipinski definition) is 8. The summed E-state index contributed by atoms with van der Waals surface area (Å²) < 4.78 is 0. The van der Waals surface area contributed by atoms with Crippen molar-refractivity contribution in [2.24, 2.45) is 0 Å². The summed E-state index contributed by atoms with van der Waals surface area (Å²) in [4.78, 5) is 48.8. The van der Waals surface area contributed by atoms with Crippen molar-refractivity contribution in [1.82, 2.24) is 20.2 Å². The number of nitrogens with zero attached hydrogens (tertiary/aromatic N) is 4. The molecule has 0 aliphatic carbocycles. The number of piperazine rings is 1. The van der Waals surface area contributed by atoms with E-state index in [-0.39, 0.29) is 36.2 Å². The third kappa shape index (κ3) is 6.19. The second-order valence-corrected chi connectivity index (χ2v) is 8.26. The van der Waals surface area contributed by atoms with Gasteiger partial charge in [0.05, 0.1) is 11.3 Å². The minimum Gasteiger partial charge on any atom is -0.480 e. The van der Waals surface area contributed by atoms with Gasteiger partial charge in [0.1, 0.15) is 11.7 Å². The van der Waals surface area contributed by atoms with Crippen molar-refractivity contribution >= 4 is 29.3 Å². The van der Waals surface area contributed by atoms with Gasteiger partial charge >= 0.3 is 5.97 Å². The number of pyridine rings is 2. The number of carboxylic acids is 1. The average Bonchev–Trinajstić information content (AvgIpc) is 2.83. The van der Waals surface area contributed by atoms with Gasteiger partial charge in [-0.25, -0.2) is 9.78 Å². The van der Waals surface area contributed by atoms with Crippen LogP contribution in [0.4, 0.5) is 11.5 Å². The van der Waals surface area contributed by atoms with Crippen LogP contribution in [-0.4, -0.2) is 87.7 Å². The van der Waals surface area contributed by atoms with E-state index >= 15 is 0 Å². The molecule has 1 atom stereocenters. The summed E-state index contributed by atoms with van der Waals surface area (Å²) in [6, 6.07) is 5.83. The molecule has 0 aromatic carbocycles. The van der Waals surface area contributed by atoms with E-state index in [4.69, 9.17) is 10.2 Å². The van der Waals surface area contributed by atoms with Gasteiger partial charge in [0.15, 0.2) is 5.82 Å². The Kier molecular flexibility index (Phi) is 8.36. The fraction of sp³-hybridized carbons (Fsp3) is 0.435. The molecule has 2 aromatic rings. The van der Waals surface area contributed by atoms with Gasteiger partial charge in [-0.15, -0.1) is 0 Å². The highest BCUT2D eigenvalue weighted by Gasteiger charge is 2.25. The number of aromatic nitrogens is 2. The lowest BCUT2D eigenvalue weighted by molar-refractivity contribution is -0.139. The molecule has 182 valence electrons. The van der Waals surface area contributed by atoms with E-state index in [0.29, 0.717) is 26.2 Å². The quantitative estimate of drug-likeness (QED) is 0.418. The Labute approximate surface area is 197 Å². The number of amides is 2. The molecule has 3 heterocycles. The maximum absolute atomic E-state index is 12.9. The number of aliphatic hydroxyl groups is 1. The van der Waals surface area contributed by atoms with Crippen LogP contribution in [0.2, 0.25) is 0 Å². The zero-order valence-corrected chi connectivity index (χ0v) is 19.3. The predicted octanol–water partition coefficient (Wildman–Crippen LogP) is 0.825. The standard InChI is InChI=1S/C23H30N6O5/c1-15(2)26-17-4-3-8-24-20(17)28-9-11-29(12-10-28)22(32)18-6-5-16(14-25-18)21(31)27-19(7-13-30)23(33)34/h3-6,8,14-15,19,26,30H,7,9-13H2,1-2H3,(H,27,31)(H,33,34). The minimum atomic E-state index is -1.24. The number of nitrogens with one attached hydrogen (secondary N) is 2. The summed E-state index contributed by atoms with van der Waals surface area (Å²) in [5.41, 5.74) is 1.29. The van der Waals surface area contributed by atoms with E-state index < -0.39 is 17.9 Å². The Morgan fingerprint density at radius 3 is 2.41 bits per heavy atom. The molecule has 1 aliphatic heterocycles. The largest absolute Gasteiger partial charge is 0.480 e. The minimum absolute atomic E-state index is 0.107. The Balaban J connectivity index is 1.59. The Hall–Kier alpha value is -3.73. The molecule has 1 fully saturated rings. The summed E-state index contributed by atoms with van der Waals surface area (Å²) in [5.74, 6) is -1.25. The first-order valence-electron chi connectivity index (χ1n) is 11.2. The zero-order valence-electron chi connectivity index (χ0n) is 19.3. The van der Waals surface area contributed by atoms with Crippen LogP contribution in [0.25, 0.3) is 0 Å². The smallest absolute Gasteiger partial charge is 0.326 e. The van der Waals surface area contributed by atoms with Crippen LogP contribution >= 0.6 is 0 Å². The number of hydrogen-bond donors (Lipinski definition) is 4. The number of carboxylic acid groups (broad SMARTS) is 1. The van der Waals surface area contributed by atoms with E-state index in [0.717, 1.165) is 11.5 Å². The molecular weight excluding hydrogens is 440 g/mol. The average molecular weight is 471 g/mol. The number of anilines is 2. The molecule has 1 unspecified atom stereocenters. The van der Waals surface area contributed by atoms with E-state index in [1.54, 1.807) is 11.1 Å². The van der Waals surface area contributed by atoms with Crippen LogP contribution in [0, 0.1) is 0 Å². The maximum atomic E-state index is 12.9. The van der Waals surface area contributed by atoms with Gasteiger partial charge in [-0.1, -0.05) is 0 Å². The molecule has 2 aromatic heterocycles. The van der Waals surface area contributed by atoms with E-state index in [2.05, 4.69) is 39.3 Å². The molecule has 34 heavy (non-hydrogen) atoms. The Bertz CT molecular complexity index is 1010. The fourth-order valence-electron chi connectivity index (χ4n) is 3.64. The summed E-state index contributed by atoms with van der Waals surface area (Å²) in [7, 11) is 0. The molecule has 1 saturated heterocycles. The second-order valence-electron chi connectivity index (χ2n) is 8.26. The molecule has 3 rings (SSSR count). The Morgan fingerprint density at radius 1 is 1.09 bits per heavy atom. The van der Waals surface area contributed by atoms with Gasteiger partial charge < -0.3 is 30.6 Å². The van der Waals surface area contributed by atoms with Crippen molar-refractivity contribution in [2.45, 2.75) is 32.4 Å². The lowest BCUT2D eigenvalue weighted by Crippen LogP contribution is -2.49. The van der Waals surface area contributed by atoms with Gasteiger partial charge in [-0.05, 0) is 38.1 Å². The normalized spacial score (nSPS) is 14.6. The Morgan fingerprint density at radius 2 is 1.82 bits per heavy atom. The maximum Gasteiger partial charge on any atom is 0.326 e. The highest BCUT2D eigenvalue weighted by molar-refractivity contribution is 5.97. The van der Waals surface area contributed by atoms with Gasteiger partial charge in [-0.3, -0.25) is 14.6 Å². The summed E-state index contributed by atoms with van der Waals surface area (Å²) >= 11 is 0. The molecule has 0 bridgehead atoms. The fourth-order valence-corrected chi connectivity index (χ4v) is 3.64. The first-order valence-corrected chi connectivity index (χ1v) is 11.2. The van der Waals surface area contributed by atoms with Crippen LogP contribution in [0.5, 0.6) is 0 Å². The third-order valence-corrected chi connectivity index (χ3v) is 5.36. The van der Waals surface area contributed by atoms with Crippen LogP contribution in [0.3, 0.4) is 0 Å².